The Morgan fingerprint density at radius 3 is 2.59 bits per heavy atom. The van der Waals surface area contributed by atoms with E-state index in [1.807, 2.05) is 56.1 Å². The number of aromatic nitrogens is 3. The zero-order chi connectivity index (χ0) is 15.7. The lowest BCUT2D eigenvalue weighted by Crippen LogP contribution is -2.38. The fourth-order valence-electron chi connectivity index (χ4n) is 2.61. The molecule has 118 valence electrons. The average molecular weight is 302 g/mol. The Kier molecular flexibility index (Phi) is 3.68. The fourth-order valence-corrected chi connectivity index (χ4v) is 2.61. The lowest BCUT2D eigenvalue weighted by atomic mass is 10.2. The van der Waals surface area contributed by atoms with E-state index in [1.54, 1.807) is 4.90 Å². The van der Waals surface area contributed by atoms with Crippen molar-refractivity contribution in [1.82, 2.24) is 19.0 Å². The number of ether oxygens (including phenoxy) is 1. The number of hydrogen-bond donors (Lipinski definition) is 0. The van der Waals surface area contributed by atoms with Gasteiger partial charge >= 0.3 is 6.09 Å². The van der Waals surface area contributed by atoms with Gasteiger partial charge in [0.05, 0.1) is 6.20 Å². The molecule has 3 heterocycles. The summed E-state index contributed by atoms with van der Waals surface area (Å²) in [5, 5.41) is 0. The first-order valence-electron chi connectivity index (χ1n) is 7.60. The van der Waals surface area contributed by atoms with Crippen molar-refractivity contribution in [3.8, 4) is 5.95 Å². The van der Waals surface area contributed by atoms with Crippen LogP contribution in [0.25, 0.3) is 5.95 Å². The van der Waals surface area contributed by atoms with Crippen LogP contribution in [0.5, 0.6) is 0 Å². The van der Waals surface area contributed by atoms with Gasteiger partial charge in [-0.25, -0.2) is 9.78 Å². The summed E-state index contributed by atoms with van der Waals surface area (Å²) < 4.78 is 9.63. The van der Waals surface area contributed by atoms with Crippen molar-refractivity contribution in [2.24, 2.45) is 0 Å². The van der Waals surface area contributed by atoms with Crippen LogP contribution in [0.1, 0.15) is 26.5 Å². The summed E-state index contributed by atoms with van der Waals surface area (Å²) in [6.07, 6.45) is 6.40. The molecule has 2 aromatic rings. The minimum absolute atomic E-state index is 0.242. The number of rotatable bonds is 1. The second kappa shape index (κ2) is 5.51. The summed E-state index contributed by atoms with van der Waals surface area (Å²) in [4.78, 5) is 18.5. The molecule has 0 aliphatic carbocycles. The first-order chi connectivity index (χ1) is 10.4. The van der Waals surface area contributed by atoms with Crippen LogP contribution in [0.2, 0.25) is 0 Å². The average Bonchev–Trinajstić information content (AvgIpc) is 3.02. The van der Waals surface area contributed by atoms with E-state index < -0.39 is 5.60 Å². The van der Waals surface area contributed by atoms with E-state index in [2.05, 4.69) is 9.55 Å². The summed E-state index contributed by atoms with van der Waals surface area (Å²) in [7, 11) is 0. The highest BCUT2D eigenvalue weighted by molar-refractivity contribution is 5.68. The number of imidazole rings is 1. The topological polar surface area (TPSA) is 52.3 Å². The van der Waals surface area contributed by atoms with Gasteiger partial charge in [0, 0.05) is 44.1 Å². The molecule has 0 saturated carbocycles. The molecule has 6 heteroatoms. The Hall–Kier alpha value is -2.24. The number of carbonyl (C=O) groups is 1. The van der Waals surface area contributed by atoms with Gasteiger partial charge in [-0.3, -0.25) is 4.57 Å². The molecule has 2 aromatic heterocycles. The molecule has 1 aliphatic heterocycles. The summed E-state index contributed by atoms with van der Waals surface area (Å²) in [5.74, 6) is 0.894. The van der Waals surface area contributed by atoms with Crippen LogP contribution >= 0.6 is 0 Å². The molecule has 0 aromatic carbocycles. The lowest BCUT2D eigenvalue weighted by molar-refractivity contribution is 0.0254. The van der Waals surface area contributed by atoms with E-state index in [1.165, 1.54) is 0 Å². The van der Waals surface area contributed by atoms with Crippen molar-refractivity contribution in [3.05, 3.63) is 36.4 Å². The van der Waals surface area contributed by atoms with Gasteiger partial charge in [0.2, 0.25) is 5.95 Å². The Labute approximate surface area is 130 Å². The molecule has 0 spiro atoms. The van der Waals surface area contributed by atoms with Crippen LogP contribution in [-0.2, 0) is 17.7 Å². The molecule has 0 saturated heterocycles. The maximum atomic E-state index is 12.2. The highest BCUT2D eigenvalue weighted by Crippen LogP contribution is 2.17. The zero-order valence-electron chi connectivity index (χ0n) is 13.3. The Bertz CT molecular complexity index is 652. The third-order valence-electron chi connectivity index (χ3n) is 3.64. The highest BCUT2D eigenvalue weighted by Gasteiger charge is 2.25. The molecule has 0 unspecified atom stereocenters. The van der Waals surface area contributed by atoms with E-state index >= 15 is 0 Å². The third-order valence-corrected chi connectivity index (χ3v) is 3.64. The SMILES string of the molecule is CC(C)(C)OC(=O)N1CCc2cnc(-n3cccc3)n2CC1. The van der Waals surface area contributed by atoms with E-state index in [0.29, 0.717) is 13.1 Å². The van der Waals surface area contributed by atoms with Gasteiger partial charge < -0.3 is 14.2 Å². The van der Waals surface area contributed by atoms with Crippen LogP contribution in [0.4, 0.5) is 4.79 Å². The van der Waals surface area contributed by atoms with Gasteiger partial charge in [0.1, 0.15) is 5.60 Å². The predicted octanol–water partition coefficient (Wildman–Crippen LogP) is 2.47. The molecule has 6 nitrogen and oxygen atoms in total. The van der Waals surface area contributed by atoms with E-state index in [0.717, 1.165) is 24.6 Å². The normalized spacial score (nSPS) is 15.3. The van der Waals surface area contributed by atoms with Gasteiger partial charge in [-0.2, -0.15) is 0 Å². The van der Waals surface area contributed by atoms with Crippen LogP contribution in [0.3, 0.4) is 0 Å². The molecular formula is C16H22N4O2. The molecule has 1 aliphatic rings. The summed E-state index contributed by atoms with van der Waals surface area (Å²) in [6, 6.07) is 3.96. The number of fused-ring (bicyclic) bond motifs is 1. The quantitative estimate of drug-likeness (QED) is 0.813. The van der Waals surface area contributed by atoms with Crippen molar-refractivity contribution >= 4 is 6.09 Å². The van der Waals surface area contributed by atoms with Crippen LogP contribution < -0.4 is 0 Å². The number of hydrogen-bond acceptors (Lipinski definition) is 3. The van der Waals surface area contributed by atoms with Gasteiger partial charge in [-0.1, -0.05) is 0 Å². The van der Waals surface area contributed by atoms with Gasteiger partial charge in [0.25, 0.3) is 0 Å². The molecule has 22 heavy (non-hydrogen) atoms. The molecule has 0 atom stereocenters. The maximum Gasteiger partial charge on any atom is 0.410 e. The number of carbonyl (C=O) groups excluding carboxylic acids is 1. The van der Waals surface area contributed by atoms with Gasteiger partial charge in [-0.05, 0) is 32.9 Å². The summed E-state index contributed by atoms with van der Waals surface area (Å²) >= 11 is 0. The van der Waals surface area contributed by atoms with Crippen LogP contribution in [0.15, 0.2) is 30.7 Å². The van der Waals surface area contributed by atoms with Crippen molar-refractivity contribution in [2.45, 2.75) is 39.3 Å². The van der Waals surface area contributed by atoms with E-state index in [9.17, 15) is 4.79 Å². The first kappa shape index (κ1) is 14.7. The van der Waals surface area contributed by atoms with Crippen molar-refractivity contribution in [2.75, 3.05) is 13.1 Å². The highest BCUT2D eigenvalue weighted by atomic mass is 16.6. The molecule has 0 bridgehead atoms. The van der Waals surface area contributed by atoms with Crippen molar-refractivity contribution in [3.63, 3.8) is 0 Å². The summed E-state index contributed by atoms with van der Waals surface area (Å²) in [6.45, 7) is 7.68. The smallest absolute Gasteiger partial charge is 0.410 e. The van der Waals surface area contributed by atoms with E-state index in [4.69, 9.17) is 4.74 Å². The van der Waals surface area contributed by atoms with Crippen LogP contribution in [-0.4, -0.2) is 43.8 Å². The number of nitrogens with zero attached hydrogens (tertiary/aromatic N) is 4. The van der Waals surface area contributed by atoms with Gasteiger partial charge in [0.15, 0.2) is 0 Å². The van der Waals surface area contributed by atoms with Crippen molar-refractivity contribution in [1.29, 1.82) is 0 Å². The molecule has 1 amide bonds. The molecule has 0 fully saturated rings. The second-order valence-corrected chi connectivity index (χ2v) is 6.51. The second-order valence-electron chi connectivity index (χ2n) is 6.51. The Balaban J connectivity index is 1.75. The Morgan fingerprint density at radius 2 is 1.91 bits per heavy atom. The maximum absolute atomic E-state index is 12.2. The fraction of sp³-hybridized carbons (Fsp3) is 0.500. The minimum atomic E-state index is -0.462. The standard InChI is InChI=1S/C16H22N4O2/c1-16(2,3)22-15(21)19-9-6-13-12-17-14(20(13)11-10-19)18-7-4-5-8-18/h4-5,7-8,12H,6,9-11H2,1-3H3. The van der Waals surface area contributed by atoms with Crippen LogP contribution in [0, 0.1) is 0 Å². The summed E-state index contributed by atoms with van der Waals surface area (Å²) in [5.41, 5.74) is 0.686. The lowest BCUT2D eigenvalue weighted by Gasteiger charge is -2.26. The predicted molar refractivity (Wildman–Crippen MR) is 83.1 cm³/mol. The Morgan fingerprint density at radius 1 is 1.18 bits per heavy atom. The molecule has 0 N–H and O–H groups in total. The van der Waals surface area contributed by atoms with Gasteiger partial charge in [-0.15, -0.1) is 0 Å². The molecular weight excluding hydrogens is 280 g/mol. The largest absolute Gasteiger partial charge is 0.444 e. The molecule has 0 radical (unpaired) electrons. The molecule has 3 rings (SSSR count). The zero-order valence-corrected chi connectivity index (χ0v) is 13.3. The minimum Gasteiger partial charge on any atom is -0.444 e. The van der Waals surface area contributed by atoms with E-state index in [-0.39, 0.29) is 6.09 Å². The van der Waals surface area contributed by atoms with Crippen molar-refractivity contribution < 1.29 is 9.53 Å². The monoisotopic (exact) mass is 302 g/mol. The third kappa shape index (κ3) is 3.00. The number of amides is 1. The first-order valence-corrected chi connectivity index (χ1v) is 7.60.